The highest BCUT2D eigenvalue weighted by Crippen LogP contribution is 2.62. The molecule has 0 aliphatic carbocycles. The van der Waals surface area contributed by atoms with Gasteiger partial charge in [-0.15, -0.1) is 0 Å². The van der Waals surface area contributed by atoms with Crippen LogP contribution in [0, 0.1) is 0 Å². The molecule has 0 aromatic rings. The summed E-state index contributed by atoms with van der Waals surface area (Å²) in [4.78, 5) is 10.7. The molecule has 0 spiro atoms. The summed E-state index contributed by atoms with van der Waals surface area (Å²) >= 11 is 0. The summed E-state index contributed by atoms with van der Waals surface area (Å²) in [5.74, 6) is -50.7. The third-order valence-corrected chi connectivity index (χ3v) is 6.23. The van der Waals surface area contributed by atoms with E-state index in [4.69, 9.17) is 0 Å². The molecule has 21 heteroatoms. The molecular weight excluding hydrogens is 558 g/mol. The van der Waals surface area contributed by atoms with Crippen molar-refractivity contribution in [3.63, 3.8) is 0 Å². The van der Waals surface area contributed by atoms with Crippen LogP contribution in [-0.2, 0) is 9.22 Å². The van der Waals surface area contributed by atoms with E-state index in [0.29, 0.717) is 13.1 Å². The molecule has 204 valence electrons. The van der Waals surface area contributed by atoms with E-state index >= 15 is 0 Å². The van der Waals surface area contributed by atoms with Gasteiger partial charge in [-0.1, -0.05) is 0 Å². The fourth-order valence-corrected chi connectivity index (χ4v) is 3.61. The smallest absolute Gasteiger partial charge is 0.489 e. The zero-order valence-corrected chi connectivity index (χ0v) is 17.0. The van der Waals surface area contributed by atoms with Crippen molar-refractivity contribution in [2.24, 2.45) is 0 Å². The van der Waals surface area contributed by atoms with Crippen molar-refractivity contribution in [1.29, 1.82) is 0 Å². The van der Waals surface area contributed by atoms with E-state index in [0.717, 1.165) is 0 Å². The van der Waals surface area contributed by atoms with Crippen molar-refractivity contribution in [3.05, 3.63) is 0 Å². The second-order valence-corrected chi connectivity index (χ2v) is 11.4. The molecule has 0 amide bonds. The Morgan fingerprint density at radius 3 is 1.24 bits per heavy atom. The van der Waals surface area contributed by atoms with E-state index in [2.05, 4.69) is 4.43 Å². The molecule has 0 atom stereocenters. The lowest BCUT2D eigenvalue weighted by atomic mass is 9.90. The molecule has 2 nitrogen and oxygen atoms in total. The van der Waals surface area contributed by atoms with Gasteiger partial charge in [-0.25, -0.2) is 4.79 Å². The molecule has 0 aromatic carbocycles. The van der Waals surface area contributed by atoms with Crippen molar-refractivity contribution in [2.75, 3.05) is 0 Å². The first kappa shape index (κ1) is 32.4. The Morgan fingerprint density at radius 1 is 0.588 bits per heavy atom. The van der Waals surface area contributed by atoms with Crippen LogP contribution in [0.2, 0.25) is 19.1 Å². The Kier molecular flexibility index (Phi) is 8.13. The molecule has 0 bridgehead atoms. The van der Waals surface area contributed by atoms with E-state index in [9.17, 15) is 83.8 Å². The van der Waals surface area contributed by atoms with E-state index in [1.165, 1.54) is 0 Å². The molecule has 0 unspecified atom stereocenters. The number of rotatable bonds is 9. The summed E-state index contributed by atoms with van der Waals surface area (Å²) in [6, 6.07) is -1.84. The summed E-state index contributed by atoms with van der Waals surface area (Å²) in [5, 5.41) is 0. The Labute approximate surface area is 177 Å². The largest absolute Gasteiger partial charge is 0.513 e. The summed E-state index contributed by atoms with van der Waals surface area (Å²) in [7, 11) is -4.49. The molecule has 0 rings (SSSR count). The molecule has 0 aromatic heterocycles. The highest BCUT2D eigenvalue weighted by Gasteiger charge is 2.93. The van der Waals surface area contributed by atoms with Crippen molar-refractivity contribution < 1.29 is 88.2 Å². The normalized spacial score (nSPS) is 16.0. The average Bonchev–Trinajstić information content (AvgIpc) is 2.57. The number of carbonyl (C=O) groups excluding carboxylic acids is 1. The minimum absolute atomic E-state index is 0.440. The third-order valence-electron chi connectivity index (χ3n) is 4.03. The first-order chi connectivity index (χ1) is 14.3. The zero-order valence-electron chi connectivity index (χ0n) is 16.0. The molecule has 0 saturated heterocycles. The summed E-state index contributed by atoms with van der Waals surface area (Å²) in [6.07, 6.45) is -16.3. The lowest BCUT2D eigenvalue weighted by molar-refractivity contribution is -0.452. The van der Waals surface area contributed by atoms with Gasteiger partial charge in [-0.2, -0.15) is 79.0 Å². The van der Waals surface area contributed by atoms with Crippen LogP contribution in [-0.4, -0.2) is 62.2 Å². The van der Waals surface area contributed by atoms with Crippen molar-refractivity contribution in [3.8, 4) is 0 Å². The van der Waals surface area contributed by atoms with Gasteiger partial charge < -0.3 is 4.43 Å². The van der Waals surface area contributed by atoms with Gasteiger partial charge in [-0.05, 0) is 19.1 Å². The number of alkyl halides is 18. The summed E-state index contributed by atoms with van der Waals surface area (Å²) < 4.78 is 236. The highest BCUT2D eigenvalue weighted by molar-refractivity contribution is 6.72. The predicted octanol–water partition coefficient (Wildman–Crippen LogP) is 7.06. The van der Waals surface area contributed by atoms with Crippen LogP contribution in [0.25, 0.3) is 0 Å². The number of carbonyl (C=O) groups is 1. The first-order valence-corrected chi connectivity index (χ1v) is 11.1. The van der Waals surface area contributed by atoms with Crippen LogP contribution in [0.5, 0.6) is 0 Å². The van der Waals surface area contributed by atoms with Crippen LogP contribution >= 0.6 is 0 Å². The fraction of sp³-hybridized carbons (Fsp3) is 0.923. The van der Waals surface area contributed by atoms with Gasteiger partial charge in [-0.3, -0.25) is 0 Å². The number of halogens is 18. The zero-order chi connectivity index (χ0) is 28.2. The van der Waals surface area contributed by atoms with Crippen LogP contribution in [0.3, 0.4) is 0 Å². The standard InChI is InChI=1S/C13H10F18O2Si/c1-34(2,33-5(32)7(16,17)18)4-3-6(14,15)8(19,20)9(21,22)10(23,24)11(25,26)12(27,28)13(29,30)31/h3-4H2,1-2H3. The lowest BCUT2D eigenvalue weighted by Gasteiger charge is -2.41. The fourth-order valence-electron chi connectivity index (χ4n) is 1.97. The average molecular weight is 568 g/mol. The van der Waals surface area contributed by atoms with Gasteiger partial charge in [0.25, 0.3) is 0 Å². The van der Waals surface area contributed by atoms with E-state index in [1.54, 1.807) is 0 Å². The SMILES string of the molecule is C[Si](C)(CCC(F)(F)C(F)(F)C(F)(F)C(F)(F)C(F)(F)C(F)(F)C(F)(F)F)OC(=O)C(F)(F)F. The maximum atomic E-state index is 13.7. The van der Waals surface area contributed by atoms with Gasteiger partial charge in [0.05, 0.1) is 0 Å². The third kappa shape index (κ3) is 5.31. The van der Waals surface area contributed by atoms with Crippen LogP contribution in [0.15, 0.2) is 0 Å². The Balaban J connectivity index is 6.16. The number of hydrogen-bond donors (Lipinski definition) is 0. The second-order valence-electron chi connectivity index (χ2n) is 7.22. The van der Waals surface area contributed by atoms with Gasteiger partial charge in [0.1, 0.15) is 0 Å². The molecule has 0 radical (unpaired) electrons. The number of hydrogen-bond acceptors (Lipinski definition) is 2. The quantitative estimate of drug-likeness (QED) is 0.220. The van der Waals surface area contributed by atoms with E-state index in [1.807, 2.05) is 0 Å². The van der Waals surface area contributed by atoms with Gasteiger partial charge in [0, 0.05) is 6.42 Å². The van der Waals surface area contributed by atoms with Crippen molar-refractivity contribution >= 4 is 14.3 Å². The predicted molar refractivity (Wildman–Crippen MR) is 74.8 cm³/mol. The summed E-state index contributed by atoms with van der Waals surface area (Å²) in [6.45, 7) is 0.880. The Hall–Kier alpha value is -1.57. The molecule has 0 N–H and O–H groups in total. The molecule has 0 aliphatic rings. The molecular formula is C13H10F18O2Si. The van der Waals surface area contributed by atoms with Gasteiger partial charge in [0.2, 0.25) is 8.32 Å². The molecule has 0 aliphatic heterocycles. The van der Waals surface area contributed by atoms with Crippen LogP contribution in [0.1, 0.15) is 6.42 Å². The highest BCUT2D eigenvalue weighted by atomic mass is 28.4. The molecule has 34 heavy (non-hydrogen) atoms. The van der Waals surface area contributed by atoms with Gasteiger partial charge >= 0.3 is 53.9 Å². The Bertz CT molecular complexity index is 750. The molecule has 0 saturated carbocycles. The maximum Gasteiger partial charge on any atom is 0.489 e. The van der Waals surface area contributed by atoms with Crippen LogP contribution in [0.4, 0.5) is 79.0 Å². The Morgan fingerprint density at radius 2 is 0.912 bits per heavy atom. The lowest BCUT2D eigenvalue weighted by Crippen LogP contribution is -2.72. The van der Waals surface area contributed by atoms with Crippen molar-refractivity contribution in [1.82, 2.24) is 0 Å². The first-order valence-electron chi connectivity index (χ1n) is 7.97. The molecule has 0 heterocycles. The molecule has 0 fully saturated rings. The van der Waals surface area contributed by atoms with Crippen LogP contribution < -0.4 is 0 Å². The monoisotopic (exact) mass is 568 g/mol. The second kappa shape index (κ2) is 8.52. The minimum Gasteiger partial charge on any atom is -0.513 e. The van der Waals surface area contributed by atoms with Crippen molar-refractivity contribution in [2.45, 2.75) is 73.4 Å². The topological polar surface area (TPSA) is 26.3 Å². The van der Waals surface area contributed by atoms with Gasteiger partial charge in [0.15, 0.2) is 0 Å². The van der Waals surface area contributed by atoms with E-state index < -0.39 is 74.6 Å². The van der Waals surface area contributed by atoms with E-state index in [-0.39, 0.29) is 0 Å². The minimum atomic E-state index is -8.46. The maximum absolute atomic E-state index is 13.7. The summed E-state index contributed by atoms with van der Waals surface area (Å²) in [5.41, 5.74) is 0.